The van der Waals surface area contributed by atoms with E-state index >= 15 is 0 Å². The summed E-state index contributed by atoms with van der Waals surface area (Å²) in [5.41, 5.74) is 0.990. The zero-order valence-electron chi connectivity index (χ0n) is 19.0. The van der Waals surface area contributed by atoms with E-state index in [-0.39, 0.29) is 11.3 Å². The van der Waals surface area contributed by atoms with Crippen LogP contribution < -0.4 is 19.1 Å². The number of rotatable bonds is 8. The van der Waals surface area contributed by atoms with Crippen LogP contribution in [0.2, 0.25) is 0 Å². The average molecular weight is 442 g/mol. The quantitative estimate of drug-likeness (QED) is 0.365. The maximum Gasteiger partial charge on any atom is 0.295 e. The summed E-state index contributed by atoms with van der Waals surface area (Å²) in [5.74, 6) is -0.149. The highest BCUT2D eigenvalue weighted by molar-refractivity contribution is 6.46. The van der Waals surface area contributed by atoms with E-state index in [1.807, 2.05) is 14.1 Å². The maximum atomic E-state index is 13.1. The number of hydrogen-bond donors (Lipinski definition) is 2. The first-order chi connectivity index (χ1) is 15.3. The number of ether oxygens (including phenoxy) is 3. The molecule has 8 nitrogen and oxygen atoms in total. The summed E-state index contributed by atoms with van der Waals surface area (Å²) in [5, 5.41) is 11.2. The Morgan fingerprint density at radius 3 is 2.25 bits per heavy atom. The molecule has 2 aromatic rings. The van der Waals surface area contributed by atoms with Crippen molar-refractivity contribution in [1.82, 2.24) is 4.90 Å². The van der Waals surface area contributed by atoms with Gasteiger partial charge in [-0.1, -0.05) is 12.1 Å². The summed E-state index contributed by atoms with van der Waals surface area (Å²) < 4.78 is 16.2. The van der Waals surface area contributed by atoms with Crippen LogP contribution >= 0.6 is 0 Å². The van der Waals surface area contributed by atoms with Crippen molar-refractivity contribution >= 4 is 17.4 Å². The minimum absolute atomic E-state index is 0.0143. The van der Waals surface area contributed by atoms with Crippen molar-refractivity contribution in [1.29, 1.82) is 0 Å². The molecular formula is C24H29N2O6+. The largest absolute Gasteiger partial charge is 0.507 e. The molecule has 170 valence electrons. The number of carbonyl (C=O) groups excluding carboxylic acids is 2. The molecule has 1 fully saturated rings. The third kappa shape index (κ3) is 4.27. The molecule has 0 aliphatic carbocycles. The van der Waals surface area contributed by atoms with E-state index < -0.39 is 17.7 Å². The van der Waals surface area contributed by atoms with Gasteiger partial charge in [-0.05, 0) is 30.3 Å². The number of aliphatic hydroxyl groups is 1. The number of para-hydroxylation sites is 1. The highest BCUT2D eigenvalue weighted by atomic mass is 16.5. The molecule has 1 saturated heterocycles. The van der Waals surface area contributed by atoms with Crippen LogP contribution in [0, 0.1) is 0 Å². The second kappa shape index (κ2) is 9.74. The zero-order valence-corrected chi connectivity index (χ0v) is 19.0. The number of amides is 1. The molecule has 0 bridgehead atoms. The average Bonchev–Trinajstić information content (AvgIpc) is 3.06. The smallest absolute Gasteiger partial charge is 0.295 e. The normalized spacial score (nSPS) is 17.7. The topological polar surface area (TPSA) is 89.7 Å². The molecule has 32 heavy (non-hydrogen) atoms. The predicted octanol–water partition coefficient (Wildman–Crippen LogP) is 1.28. The van der Waals surface area contributed by atoms with Crippen LogP contribution in [0.15, 0.2) is 48.0 Å². The number of likely N-dealkylation sites (tertiary alicyclic amines) is 1. The molecule has 1 amide bonds. The molecule has 3 rings (SSSR count). The van der Waals surface area contributed by atoms with Crippen molar-refractivity contribution in [3.8, 4) is 17.2 Å². The van der Waals surface area contributed by atoms with E-state index in [4.69, 9.17) is 14.2 Å². The van der Waals surface area contributed by atoms with Crippen LogP contribution in [0.5, 0.6) is 17.2 Å². The fraction of sp³-hybridized carbons (Fsp3) is 0.333. The predicted molar refractivity (Wildman–Crippen MR) is 119 cm³/mol. The number of hydrogen-bond acceptors (Lipinski definition) is 6. The molecule has 2 N–H and O–H groups in total. The Hall–Kier alpha value is -3.52. The Balaban J connectivity index is 2.22. The number of likely N-dealkylation sites (N-methyl/N-ethyl adjacent to an activating group) is 1. The molecule has 1 aliphatic rings. The number of quaternary nitrogens is 1. The van der Waals surface area contributed by atoms with Gasteiger partial charge in [0.25, 0.3) is 11.7 Å². The molecule has 0 spiro atoms. The second-order valence-corrected chi connectivity index (χ2v) is 7.76. The lowest BCUT2D eigenvalue weighted by atomic mass is 9.94. The standard InChI is InChI=1S/C24H28N2O6/c1-25(2)13-14-26-20(17-7-6-8-18(31-4)23(17)32-5)19(22(28)24(26)29)21(27)15-9-11-16(30-3)12-10-15/h6-12,20,27H,13-14H2,1-5H3/p+1/b21-19-/t20-/m1/s1. The van der Waals surface area contributed by atoms with Gasteiger partial charge in [0.15, 0.2) is 11.5 Å². The van der Waals surface area contributed by atoms with Gasteiger partial charge in [0, 0.05) is 11.1 Å². The summed E-state index contributed by atoms with van der Waals surface area (Å²) in [4.78, 5) is 28.8. The minimum Gasteiger partial charge on any atom is -0.507 e. The molecule has 0 saturated carbocycles. The first-order valence-corrected chi connectivity index (χ1v) is 10.3. The van der Waals surface area contributed by atoms with E-state index in [9.17, 15) is 14.7 Å². The SMILES string of the molecule is COc1ccc(/C(O)=C2/C(=O)C(=O)N(CC[NH+](C)C)[C@@H]2c2cccc(OC)c2OC)cc1. The number of ketones is 1. The molecule has 0 radical (unpaired) electrons. The number of benzene rings is 2. The Labute approximate surface area is 187 Å². The first kappa shape index (κ1) is 23.1. The van der Waals surface area contributed by atoms with Gasteiger partial charge in [-0.2, -0.15) is 0 Å². The van der Waals surface area contributed by atoms with Crippen molar-refractivity contribution in [2.75, 3.05) is 48.5 Å². The molecule has 0 unspecified atom stereocenters. The van der Waals surface area contributed by atoms with Gasteiger partial charge in [-0.15, -0.1) is 0 Å². The van der Waals surface area contributed by atoms with Gasteiger partial charge in [-0.25, -0.2) is 0 Å². The summed E-state index contributed by atoms with van der Waals surface area (Å²) in [7, 11) is 8.50. The lowest BCUT2D eigenvalue weighted by Crippen LogP contribution is -3.06. The summed E-state index contributed by atoms with van der Waals surface area (Å²) in [6.07, 6.45) is 0. The van der Waals surface area contributed by atoms with Crippen LogP contribution in [-0.4, -0.2) is 70.2 Å². The fourth-order valence-electron chi connectivity index (χ4n) is 3.81. The zero-order chi connectivity index (χ0) is 23.4. The number of methoxy groups -OCH3 is 3. The number of aliphatic hydroxyl groups excluding tert-OH is 1. The third-order valence-corrected chi connectivity index (χ3v) is 5.48. The monoisotopic (exact) mass is 441 g/mol. The Morgan fingerprint density at radius 2 is 1.69 bits per heavy atom. The van der Waals surface area contributed by atoms with Crippen LogP contribution in [0.4, 0.5) is 0 Å². The van der Waals surface area contributed by atoms with Gasteiger partial charge in [0.1, 0.15) is 11.5 Å². The lowest BCUT2D eigenvalue weighted by molar-refractivity contribution is -0.857. The van der Waals surface area contributed by atoms with E-state index in [1.54, 1.807) is 49.6 Å². The summed E-state index contributed by atoms with van der Waals surface area (Å²) >= 11 is 0. The molecule has 8 heteroatoms. The number of nitrogens with zero attached hydrogens (tertiary/aromatic N) is 1. The van der Waals surface area contributed by atoms with Crippen molar-refractivity contribution < 1.29 is 33.8 Å². The Kier molecular flexibility index (Phi) is 7.05. The summed E-state index contributed by atoms with van der Waals surface area (Å²) in [6, 6.07) is 11.1. The van der Waals surface area contributed by atoms with Gasteiger partial charge < -0.3 is 29.1 Å². The molecular weight excluding hydrogens is 412 g/mol. The van der Waals surface area contributed by atoms with Gasteiger partial charge >= 0.3 is 0 Å². The second-order valence-electron chi connectivity index (χ2n) is 7.76. The van der Waals surface area contributed by atoms with Gasteiger partial charge in [0.05, 0.1) is 60.1 Å². The Morgan fingerprint density at radius 1 is 1.00 bits per heavy atom. The summed E-state index contributed by atoms with van der Waals surface area (Å²) in [6.45, 7) is 0.954. The van der Waals surface area contributed by atoms with Crippen LogP contribution in [0.25, 0.3) is 5.76 Å². The third-order valence-electron chi connectivity index (χ3n) is 5.48. The molecule has 2 aromatic carbocycles. The molecule has 1 aliphatic heterocycles. The Bertz CT molecular complexity index is 1030. The molecule has 0 aromatic heterocycles. The first-order valence-electron chi connectivity index (χ1n) is 10.3. The van der Waals surface area contributed by atoms with Crippen LogP contribution in [-0.2, 0) is 9.59 Å². The van der Waals surface area contributed by atoms with Crippen molar-refractivity contribution in [3.63, 3.8) is 0 Å². The van der Waals surface area contributed by atoms with Gasteiger partial charge in [-0.3, -0.25) is 9.59 Å². The van der Waals surface area contributed by atoms with E-state index in [0.717, 1.165) is 4.90 Å². The molecule has 1 heterocycles. The maximum absolute atomic E-state index is 13.1. The van der Waals surface area contributed by atoms with Crippen molar-refractivity contribution in [2.24, 2.45) is 0 Å². The highest BCUT2D eigenvalue weighted by Gasteiger charge is 2.47. The molecule has 1 atom stereocenters. The van der Waals surface area contributed by atoms with Crippen LogP contribution in [0.1, 0.15) is 17.2 Å². The van der Waals surface area contributed by atoms with E-state index in [1.165, 1.54) is 19.1 Å². The fourth-order valence-corrected chi connectivity index (χ4v) is 3.81. The van der Waals surface area contributed by atoms with Crippen molar-refractivity contribution in [3.05, 3.63) is 59.2 Å². The van der Waals surface area contributed by atoms with Crippen LogP contribution in [0.3, 0.4) is 0 Å². The van der Waals surface area contributed by atoms with E-state index in [2.05, 4.69) is 0 Å². The lowest BCUT2D eigenvalue weighted by Gasteiger charge is -2.27. The van der Waals surface area contributed by atoms with Crippen molar-refractivity contribution in [2.45, 2.75) is 6.04 Å². The van der Waals surface area contributed by atoms with E-state index in [0.29, 0.717) is 41.5 Å². The van der Waals surface area contributed by atoms with Gasteiger partial charge in [0.2, 0.25) is 0 Å². The number of nitrogens with one attached hydrogen (secondary N) is 1. The minimum atomic E-state index is -0.818. The highest BCUT2D eigenvalue weighted by Crippen LogP contribution is 2.45. The number of Topliss-reactive ketones (excluding diaryl/α,β-unsaturated/α-hetero) is 1. The number of carbonyl (C=O) groups is 2.